The molecule has 1 saturated heterocycles. The van der Waals surface area contributed by atoms with Gasteiger partial charge in [0.15, 0.2) is 5.96 Å². The van der Waals surface area contributed by atoms with E-state index in [0.29, 0.717) is 26.3 Å². The zero-order valence-corrected chi connectivity index (χ0v) is 14.5. The zero-order chi connectivity index (χ0) is 17.0. The number of hydrogen-bond acceptors (Lipinski definition) is 4. The van der Waals surface area contributed by atoms with Gasteiger partial charge in [0, 0.05) is 18.8 Å². The minimum atomic E-state index is -3.30. The van der Waals surface area contributed by atoms with Crippen molar-refractivity contribution in [2.45, 2.75) is 19.3 Å². The molecule has 0 aromatic heterocycles. The molecule has 1 aliphatic heterocycles. The molecule has 0 spiro atoms. The molecule has 1 aliphatic carbocycles. The second kappa shape index (κ2) is 7.50. The standard InChI is InChI=1S/C16H24N4O3S/c17-16(19-15-5-4-13-2-1-3-14(13)12-15)18-6-11-24(21,22)20-7-9-23-10-8-20/h4-5,12H,1-3,6-11H2,(H3,17,18,19). The summed E-state index contributed by atoms with van der Waals surface area (Å²) >= 11 is 0. The molecule has 3 N–H and O–H groups in total. The van der Waals surface area contributed by atoms with Crippen LogP contribution in [-0.4, -0.2) is 57.3 Å². The number of fused-ring (bicyclic) bond motifs is 1. The lowest BCUT2D eigenvalue weighted by Crippen LogP contribution is -2.42. The molecular weight excluding hydrogens is 328 g/mol. The van der Waals surface area contributed by atoms with Crippen molar-refractivity contribution >= 4 is 21.7 Å². The lowest BCUT2D eigenvalue weighted by molar-refractivity contribution is 0.0731. The number of aliphatic imine (C=N–C) groups is 1. The van der Waals surface area contributed by atoms with Crippen LogP contribution in [0.2, 0.25) is 0 Å². The molecule has 1 aromatic carbocycles. The third kappa shape index (κ3) is 4.25. The summed E-state index contributed by atoms with van der Waals surface area (Å²) in [6, 6.07) is 6.19. The number of nitrogens with one attached hydrogen (secondary N) is 1. The number of nitrogens with zero attached hydrogens (tertiary/aromatic N) is 2. The van der Waals surface area contributed by atoms with Crippen LogP contribution in [0.15, 0.2) is 23.2 Å². The maximum atomic E-state index is 12.2. The summed E-state index contributed by atoms with van der Waals surface area (Å²) in [6.45, 7) is 1.86. The number of sulfonamides is 1. The molecule has 3 rings (SSSR count). The third-order valence-electron chi connectivity index (χ3n) is 4.37. The fourth-order valence-electron chi connectivity index (χ4n) is 3.07. The molecule has 0 saturated carbocycles. The largest absolute Gasteiger partial charge is 0.379 e. The van der Waals surface area contributed by atoms with Crippen LogP contribution in [0, 0.1) is 0 Å². The van der Waals surface area contributed by atoms with Crippen molar-refractivity contribution < 1.29 is 13.2 Å². The Morgan fingerprint density at radius 3 is 2.79 bits per heavy atom. The topological polar surface area (TPSA) is 97.0 Å². The highest BCUT2D eigenvalue weighted by Crippen LogP contribution is 2.24. The fraction of sp³-hybridized carbons (Fsp3) is 0.562. The van der Waals surface area contributed by atoms with E-state index in [1.807, 2.05) is 6.07 Å². The number of morpholine rings is 1. The van der Waals surface area contributed by atoms with Gasteiger partial charge in [-0.25, -0.2) is 8.42 Å². The van der Waals surface area contributed by atoms with Crippen molar-refractivity contribution in [2.75, 3.05) is 43.9 Å². The summed E-state index contributed by atoms with van der Waals surface area (Å²) in [4.78, 5) is 4.14. The Bertz CT molecular complexity index is 712. The van der Waals surface area contributed by atoms with Crippen LogP contribution >= 0.6 is 0 Å². The minimum absolute atomic E-state index is 0.0421. The third-order valence-corrected chi connectivity index (χ3v) is 6.22. The molecule has 0 radical (unpaired) electrons. The van der Waals surface area contributed by atoms with Crippen molar-refractivity contribution in [1.82, 2.24) is 4.31 Å². The average Bonchev–Trinajstić information content (AvgIpc) is 3.03. The van der Waals surface area contributed by atoms with Gasteiger partial charge in [-0.15, -0.1) is 0 Å². The number of guanidine groups is 1. The number of benzene rings is 1. The van der Waals surface area contributed by atoms with Crippen LogP contribution < -0.4 is 11.1 Å². The lowest BCUT2D eigenvalue weighted by atomic mass is 10.1. The molecule has 0 bridgehead atoms. The average molecular weight is 352 g/mol. The summed E-state index contributed by atoms with van der Waals surface area (Å²) in [6.07, 6.45) is 3.43. The molecule has 8 heteroatoms. The SMILES string of the molecule is NC(=NCCS(=O)(=O)N1CCOCC1)Nc1ccc2c(c1)CCC2. The molecule has 1 fully saturated rings. The summed E-state index contributed by atoms with van der Waals surface area (Å²) in [7, 11) is -3.30. The van der Waals surface area contributed by atoms with Gasteiger partial charge in [0.25, 0.3) is 0 Å². The Morgan fingerprint density at radius 1 is 1.25 bits per heavy atom. The molecule has 1 aromatic rings. The number of aryl methyl sites for hydroxylation is 2. The van der Waals surface area contributed by atoms with E-state index in [4.69, 9.17) is 10.5 Å². The first kappa shape index (κ1) is 17.2. The zero-order valence-electron chi connectivity index (χ0n) is 13.7. The Hall–Kier alpha value is -1.64. The quantitative estimate of drug-likeness (QED) is 0.596. The Morgan fingerprint density at radius 2 is 2.00 bits per heavy atom. The summed E-state index contributed by atoms with van der Waals surface area (Å²) in [5, 5.41) is 3.04. The van der Waals surface area contributed by atoms with Crippen LogP contribution in [0.5, 0.6) is 0 Å². The lowest BCUT2D eigenvalue weighted by Gasteiger charge is -2.25. The van der Waals surface area contributed by atoms with Gasteiger partial charge in [0.05, 0.1) is 25.5 Å². The summed E-state index contributed by atoms with van der Waals surface area (Å²) in [5.74, 6) is 0.199. The predicted octanol–water partition coefficient (Wildman–Crippen LogP) is 0.564. The van der Waals surface area contributed by atoms with E-state index >= 15 is 0 Å². The van der Waals surface area contributed by atoms with Gasteiger partial charge in [-0.3, -0.25) is 4.99 Å². The van der Waals surface area contributed by atoms with E-state index < -0.39 is 10.0 Å². The van der Waals surface area contributed by atoms with Crippen LogP contribution in [-0.2, 0) is 27.6 Å². The van der Waals surface area contributed by atoms with E-state index in [9.17, 15) is 8.42 Å². The van der Waals surface area contributed by atoms with Gasteiger partial charge in [0.1, 0.15) is 0 Å². The van der Waals surface area contributed by atoms with E-state index in [1.54, 1.807) is 0 Å². The second-order valence-corrected chi connectivity index (χ2v) is 8.14. The monoisotopic (exact) mass is 352 g/mol. The smallest absolute Gasteiger partial charge is 0.216 e. The maximum absolute atomic E-state index is 12.2. The Balaban J connectivity index is 1.52. The van der Waals surface area contributed by atoms with Gasteiger partial charge in [-0.2, -0.15) is 4.31 Å². The van der Waals surface area contributed by atoms with E-state index in [1.165, 1.54) is 21.9 Å². The fourth-order valence-corrected chi connectivity index (χ4v) is 4.36. The molecule has 2 aliphatic rings. The molecule has 0 unspecified atom stereocenters. The summed E-state index contributed by atoms with van der Waals surface area (Å²) < 4.78 is 31.0. The second-order valence-electron chi connectivity index (χ2n) is 6.06. The molecule has 0 atom stereocenters. The highest BCUT2D eigenvalue weighted by Gasteiger charge is 2.23. The van der Waals surface area contributed by atoms with Crippen LogP contribution in [0.1, 0.15) is 17.5 Å². The number of ether oxygens (including phenoxy) is 1. The van der Waals surface area contributed by atoms with Gasteiger partial charge < -0.3 is 15.8 Å². The van der Waals surface area contributed by atoms with Gasteiger partial charge in [-0.1, -0.05) is 6.07 Å². The van der Waals surface area contributed by atoms with Gasteiger partial charge in [0.2, 0.25) is 10.0 Å². The van der Waals surface area contributed by atoms with Crippen LogP contribution in [0.25, 0.3) is 0 Å². The molecule has 24 heavy (non-hydrogen) atoms. The maximum Gasteiger partial charge on any atom is 0.216 e. The Labute approximate surface area is 142 Å². The van der Waals surface area contributed by atoms with Crippen molar-refractivity contribution in [2.24, 2.45) is 10.7 Å². The van der Waals surface area contributed by atoms with Gasteiger partial charge in [-0.05, 0) is 42.5 Å². The first-order valence-corrected chi connectivity index (χ1v) is 9.90. The number of rotatable bonds is 5. The van der Waals surface area contributed by atoms with Crippen molar-refractivity contribution in [3.05, 3.63) is 29.3 Å². The van der Waals surface area contributed by atoms with Crippen LogP contribution in [0.4, 0.5) is 5.69 Å². The highest BCUT2D eigenvalue weighted by molar-refractivity contribution is 7.89. The van der Waals surface area contributed by atoms with Crippen molar-refractivity contribution in [1.29, 1.82) is 0 Å². The molecule has 132 valence electrons. The molecule has 7 nitrogen and oxygen atoms in total. The van der Waals surface area contributed by atoms with Crippen molar-refractivity contribution in [3.8, 4) is 0 Å². The first-order valence-electron chi connectivity index (χ1n) is 8.29. The Kier molecular flexibility index (Phi) is 5.37. The highest BCUT2D eigenvalue weighted by atomic mass is 32.2. The molecule has 1 heterocycles. The number of anilines is 1. The summed E-state index contributed by atoms with van der Waals surface area (Å²) in [5.41, 5.74) is 9.51. The molecule has 0 amide bonds. The van der Waals surface area contributed by atoms with E-state index in [2.05, 4.69) is 22.4 Å². The first-order chi connectivity index (χ1) is 11.5. The van der Waals surface area contributed by atoms with Crippen LogP contribution in [0.3, 0.4) is 0 Å². The van der Waals surface area contributed by atoms with E-state index in [0.717, 1.165) is 18.5 Å². The number of nitrogens with two attached hydrogens (primary N) is 1. The number of hydrogen-bond donors (Lipinski definition) is 2. The van der Waals surface area contributed by atoms with E-state index in [-0.39, 0.29) is 18.3 Å². The van der Waals surface area contributed by atoms with Gasteiger partial charge >= 0.3 is 0 Å². The molecular formula is C16H24N4O3S. The minimum Gasteiger partial charge on any atom is -0.379 e. The normalized spacial score (nSPS) is 19.2. The van der Waals surface area contributed by atoms with Crippen molar-refractivity contribution in [3.63, 3.8) is 0 Å². The predicted molar refractivity (Wildman–Crippen MR) is 94.8 cm³/mol.